The van der Waals surface area contributed by atoms with Crippen molar-refractivity contribution in [2.45, 2.75) is 44.7 Å². The average Bonchev–Trinajstić information content (AvgIpc) is 2.95. The highest BCUT2D eigenvalue weighted by Crippen LogP contribution is 2.37. The van der Waals surface area contributed by atoms with Gasteiger partial charge in [-0.05, 0) is 43.7 Å². The Bertz CT molecular complexity index is 457. The number of aromatic nitrogens is 1. The lowest BCUT2D eigenvalue weighted by Gasteiger charge is -2.13. The number of pyridine rings is 1. The third kappa shape index (κ3) is 1.34. The minimum absolute atomic E-state index is 0.167. The predicted molar refractivity (Wildman–Crippen MR) is 58.9 cm³/mol. The number of aryl methyl sites for hydroxylation is 1. The minimum Gasteiger partial charge on any atom is -0.326 e. The van der Waals surface area contributed by atoms with Gasteiger partial charge in [-0.15, -0.1) is 0 Å². The van der Waals surface area contributed by atoms with Gasteiger partial charge >= 0.3 is 0 Å². The molecule has 1 saturated carbocycles. The maximum absolute atomic E-state index is 12.1. The highest BCUT2D eigenvalue weighted by atomic mass is 16.1. The summed E-state index contributed by atoms with van der Waals surface area (Å²) in [5.41, 5.74) is 9.24. The molecule has 15 heavy (non-hydrogen) atoms. The van der Waals surface area contributed by atoms with E-state index in [9.17, 15) is 4.79 Å². The molecule has 0 atom stereocenters. The molecule has 3 heteroatoms. The molecule has 1 fully saturated rings. The SMILES string of the molecule is NCc1cc2c(n(C3CC3)c1=O)CCC2. The molecule has 0 spiro atoms. The minimum atomic E-state index is 0.167. The van der Waals surface area contributed by atoms with Crippen molar-refractivity contribution < 1.29 is 0 Å². The van der Waals surface area contributed by atoms with Crippen molar-refractivity contribution in [1.29, 1.82) is 0 Å². The molecule has 2 N–H and O–H groups in total. The van der Waals surface area contributed by atoms with Crippen molar-refractivity contribution >= 4 is 0 Å². The van der Waals surface area contributed by atoms with Crippen LogP contribution in [0.3, 0.4) is 0 Å². The van der Waals surface area contributed by atoms with Crippen molar-refractivity contribution in [3.05, 3.63) is 33.2 Å². The van der Waals surface area contributed by atoms with Crippen molar-refractivity contribution in [1.82, 2.24) is 4.57 Å². The van der Waals surface area contributed by atoms with Gasteiger partial charge in [0.1, 0.15) is 0 Å². The lowest BCUT2D eigenvalue weighted by Crippen LogP contribution is -2.27. The van der Waals surface area contributed by atoms with Crippen LogP contribution in [0.25, 0.3) is 0 Å². The summed E-state index contributed by atoms with van der Waals surface area (Å²) in [6, 6.07) is 2.51. The van der Waals surface area contributed by atoms with Crippen LogP contribution in [-0.4, -0.2) is 4.57 Å². The Kier molecular flexibility index (Phi) is 1.96. The second kappa shape index (κ2) is 3.20. The second-order valence-corrected chi connectivity index (χ2v) is 4.61. The lowest BCUT2D eigenvalue weighted by atomic mass is 10.1. The molecule has 3 rings (SSSR count). The standard InChI is InChI=1S/C12H16N2O/c13-7-9-6-8-2-1-3-11(8)14(12(9)15)10-4-5-10/h6,10H,1-5,7,13H2. The molecule has 2 aliphatic carbocycles. The van der Waals surface area contributed by atoms with E-state index in [4.69, 9.17) is 5.73 Å². The van der Waals surface area contributed by atoms with Gasteiger partial charge in [-0.2, -0.15) is 0 Å². The quantitative estimate of drug-likeness (QED) is 0.785. The number of nitrogens with two attached hydrogens (primary N) is 1. The third-order valence-electron chi connectivity index (χ3n) is 3.50. The fourth-order valence-electron chi connectivity index (χ4n) is 2.60. The zero-order valence-electron chi connectivity index (χ0n) is 8.83. The summed E-state index contributed by atoms with van der Waals surface area (Å²) in [5, 5.41) is 0. The van der Waals surface area contributed by atoms with Gasteiger partial charge in [0.15, 0.2) is 0 Å². The van der Waals surface area contributed by atoms with E-state index in [-0.39, 0.29) is 5.56 Å². The summed E-state index contributed by atoms with van der Waals surface area (Å²) < 4.78 is 2.03. The summed E-state index contributed by atoms with van der Waals surface area (Å²) >= 11 is 0. The number of nitrogens with zero attached hydrogens (tertiary/aromatic N) is 1. The van der Waals surface area contributed by atoms with Gasteiger partial charge in [0.2, 0.25) is 0 Å². The summed E-state index contributed by atoms with van der Waals surface area (Å²) in [4.78, 5) is 12.1. The van der Waals surface area contributed by atoms with Crippen LogP contribution >= 0.6 is 0 Å². The van der Waals surface area contributed by atoms with Crippen LogP contribution in [0.15, 0.2) is 10.9 Å². The van der Waals surface area contributed by atoms with Crippen molar-refractivity contribution in [3.63, 3.8) is 0 Å². The summed E-state index contributed by atoms with van der Waals surface area (Å²) in [7, 11) is 0. The zero-order chi connectivity index (χ0) is 10.4. The fraction of sp³-hybridized carbons (Fsp3) is 0.583. The van der Waals surface area contributed by atoms with E-state index in [1.165, 1.54) is 30.5 Å². The smallest absolute Gasteiger partial charge is 0.255 e. The molecule has 1 aromatic rings. The molecule has 0 aromatic carbocycles. The number of fused-ring (bicyclic) bond motifs is 1. The van der Waals surface area contributed by atoms with E-state index < -0.39 is 0 Å². The number of hydrogen-bond acceptors (Lipinski definition) is 2. The molecular weight excluding hydrogens is 188 g/mol. The van der Waals surface area contributed by atoms with Gasteiger partial charge in [0.05, 0.1) is 0 Å². The number of hydrogen-bond donors (Lipinski definition) is 1. The Labute approximate surface area is 88.9 Å². The van der Waals surface area contributed by atoms with Crippen LogP contribution in [0.1, 0.15) is 42.1 Å². The Morgan fingerprint density at radius 1 is 1.40 bits per heavy atom. The van der Waals surface area contributed by atoms with Crippen LogP contribution < -0.4 is 11.3 Å². The van der Waals surface area contributed by atoms with Gasteiger partial charge in [0, 0.05) is 23.8 Å². The Hall–Kier alpha value is -1.09. The maximum Gasteiger partial charge on any atom is 0.255 e. The first kappa shape index (κ1) is 9.16. The van der Waals surface area contributed by atoms with Crippen LogP contribution in [0.5, 0.6) is 0 Å². The van der Waals surface area contributed by atoms with Crippen LogP contribution in [0.4, 0.5) is 0 Å². The fourth-order valence-corrected chi connectivity index (χ4v) is 2.60. The molecule has 0 amide bonds. The van der Waals surface area contributed by atoms with Gasteiger partial charge in [0.25, 0.3) is 5.56 Å². The average molecular weight is 204 g/mol. The van der Waals surface area contributed by atoms with Gasteiger partial charge < -0.3 is 10.3 Å². The van der Waals surface area contributed by atoms with Gasteiger partial charge in [-0.1, -0.05) is 0 Å². The third-order valence-corrected chi connectivity index (χ3v) is 3.50. The van der Waals surface area contributed by atoms with E-state index in [2.05, 4.69) is 0 Å². The van der Waals surface area contributed by atoms with Crippen molar-refractivity contribution in [2.75, 3.05) is 0 Å². The summed E-state index contributed by atoms with van der Waals surface area (Å²) in [5.74, 6) is 0. The molecule has 2 aliphatic rings. The van der Waals surface area contributed by atoms with E-state index in [0.717, 1.165) is 18.4 Å². The van der Waals surface area contributed by atoms with E-state index >= 15 is 0 Å². The first-order valence-electron chi connectivity index (χ1n) is 5.77. The molecule has 3 nitrogen and oxygen atoms in total. The molecule has 0 unspecified atom stereocenters. The highest BCUT2D eigenvalue weighted by Gasteiger charge is 2.30. The first-order valence-corrected chi connectivity index (χ1v) is 5.77. The lowest BCUT2D eigenvalue weighted by molar-refractivity contribution is 0.655. The zero-order valence-corrected chi connectivity index (χ0v) is 8.83. The Morgan fingerprint density at radius 2 is 2.20 bits per heavy atom. The van der Waals surface area contributed by atoms with Crippen molar-refractivity contribution in [3.8, 4) is 0 Å². The van der Waals surface area contributed by atoms with Crippen molar-refractivity contribution in [2.24, 2.45) is 5.73 Å². The predicted octanol–water partition coefficient (Wildman–Crippen LogP) is 1.13. The molecule has 0 saturated heterocycles. The van der Waals surface area contributed by atoms with Gasteiger partial charge in [-0.25, -0.2) is 0 Å². The molecule has 80 valence electrons. The monoisotopic (exact) mass is 204 g/mol. The second-order valence-electron chi connectivity index (χ2n) is 4.61. The maximum atomic E-state index is 12.1. The summed E-state index contributed by atoms with van der Waals surface area (Å²) in [6.07, 6.45) is 5.72. The van der Waals surface area contributed by atoms with Crippen LogP contribution in [0.2, 0.25) is 0 Å². The van der Waals surface area contributed by atoms with Crippen LogP contribution in [0, 0.1) is 0 Å². The van der Waals surface area contributed by atoms with E-state index in [0.29, 0.717) is 12.6 Å². The molecule has 1 aromatic heterocycles. The molecule has 0 bridgehead atoms. The van der Waals surface area contributed by atoms with E-state index in [1.54, 1.807) is 0 Å². The topological polar surface area (TPSA) is 48.0 Å². The Balaban J connectivity index is 2.24. The molecular formula is C12H16N2O. The summed E-state index contributed by atoms with van der Waals surface area (Å²) in [6.45, 7) is 0.374. The largest absolute Gasteiger partial charge is 0.326 e. The number of rotatable bonds is 2. The Morgan fingerprint density at radius 3 is 2.87 bits per heavy atom. The van der Waals surface area contributed by atoms with Gasteiger partial charge in [-0.3, -0.25) is 4.79 Å². The van der Waals surface area contributed by atoms with E-state index in [1.807, 2.05) is 10.6 Å². The first-order chi connectivity index (χ1) is 7.31. The molecule has 0 radical (unpaired) electrons. The molecule has 0 aliphatic heterocycles. The normalized spacial score (nSPS) is 19.3. The highest BCUT2D eigenvalue weighted by molar-refractivity contribution is 5.31. The molecule has 1 heterocycles. The van der Waals surface area contributed by atoms with Crippen LogP contribution in [-0.2, 0) is 19.4 Å².